The lowest BCUT2D eigenvalue weighted by Crippen LogP contribution is -2.46. The predicted octanol–water partition coefficient (Wildman–Crippen LogP) is 5.54. The Balaban J connectivity index is 1.31. The lowest BCUT2D eigenvalue weighted by Gasteiger charge is -2.40. The van der Waals surface area contributed by atoms with E-state index in [1.807, 2.05) is 0 Å². The maximum Gasteiger partial charge on any atom is 0.164 e. The van der Waals surface area contributed by atoms with Gasteiger partial charge in [-0.3, -0.25) is 0 Å². The van der Waals surface area contributed by atoms with Crippen molar-refractivity contribution in [2.75, 3.05) is 26.4 Å². The summed E-state index contributed by atoms with van der Waals surface area (Å²) in [6, 6.07) is 0. The molecular formula is C23H42O4. The van der Waals surface area contributed by atoms with Gasteiger partial charge in [0.1, 0.15) is 0 Å². The molecule has 158 valence electrons. The van der Waals surface area contributed by atoms with Crippen LogP contribution in [0, 0.1) is 23.7 Å². The Morgan fingerprint density at radius 2 is 1.11 bits per heavy atom. The van der Waals surface area contributed by atoms with Gasteiger partial charge >= 0.3 is 0 Å². The topological polar surface area (TPSA) is 36.9 Å². The van der Waals surface area contributed by atoms with Crippen LogP contribution in [-0.4, -0.2) is 39.0 Å². The van der Waals surface area contributed by atoms with Gasteiger partial charge in [0.2, 0.25) is 0 Å². The van der Waals surface area contributed by atoms with Crippen molar-refractivity contribution in [1.29, 1.82) is 0 Å². The van der Waals surface area contributed by atoms with Gasteiger partial charge in [-0.05, 0) is 38.0 Å². The van der Waals surface area contributed by atoms with Crippen molar-refractivity contribution in [3.8, 4) is 0 Å². The largest absolute Gasteiger partial charge is 0.352 e. The average molecular weight is 383 g/mol. The molecule has 27 heavy (non-hydrogen) atoms. The van der Waals surface area contributed by atoms with E-state index in [1.165, 1.54) is 70.6 Å². The van der Waals surface area contributed by atoms with E-state index in [0.717, 1.165) is 19.1 Å². The van der Waals surface area contributed by atoms with Gasteiger partial charge in [-0.25, -0.2) is 0 Å². The molecule has 1 aliphatic carbocycles. The van der Waals surface area contributed by atoms with Gasteiger partial charge in [0.15, 0.2) is 12.6 Å². The highest BCUT2D eigenvalue weighted by Crippen LogP contribution is 2.36. The van der Waals surface area contributed by atoms with Crippen LogP contribution in [0.25, 0.3) is 0 Å². The quantitative estimate of drug-likeness (QED) is 0.491. The lowest BCUT2D eigenvalue weighted by molar-refractivity contribution is -0.291. The van der Waals surface area contributed by atoms with Crippen LogP contribution in [-0.2, 0) is 18.9 Å². The first-order valence-electron chi connectivity index (χ1n) is 11.8. The van der Waals surface area contributed by atoms with Crippen LogP contribution in [0.3, 0.4) is 0 Å². The van der Waals surface area contributed by atoms with Crippen LogP contribution >= 0.6 is 0 Å². The normalized spacial score (nSPS) is 38.0. The predicted molar refractivity (Wildman–Crippen MR) is 107 cm³/mol. The molecule has 0 aromatic carbocycles. The summed E-state index contributed by atoms with van der Waals surface area (Å²) < 4.78 is 24.3. The van der Waals surface area contributed by atoms with E-state index >= 15 is 0 Å². The van der Waals surface area contributed by atoms with Gasteiger partial charge in [-0.1, -0.05) is 52.4 Å². The third kappa shape index (κ3) is 6.69. The fourth-order valence-electron chi connectivity index (χ4n) is 4.88. The molecule has 0 radical (unpaired) electrons. The van der Waals surface area contributed by atoms with E-state index in [0.29, 0.717) is 25.0 Å². The van der Waals surface area contributed by atoms with Crippen molar-refractivity contribution in [2.24, 2.45) is 23.7 Å². The zero-order valence-corrected chi connectivity index (χ0v) is 17.7. The van der Waals surface area contributed by atoms with Crippen LogP contribution in [0.2, 0.25) is 0 Å². The van der Waals surface area contributed by atoms with Crippen LogP contribution in [0.5, 0.6) is 0 Å². The van der Waals surface area contributed by atoms with Crippen molar-refractivity contribution in [1.82, 2.24) is 0 Å². The standard InChI is InChI=1S/C23H42O4/c1-3-5-7-9-19-14-24-23(25-15-19)21-16-26-22(27-17-21)20-12-10-18(11-13-20)8-6-4-2/h18-23H,3-17H2,1-2H3. The highest BCUT2D eigenvalue weighted by Gasteiger charge is 2.37. The minimum absolute atomic E-state index is 0.00115. The fraction of sp³-hybridized carbons (Fsp3) is 1.00. The zero-order valence-electron chi connectivity index (χ0n) is 17.7. The van der Waals surface area contributed by atoms with Crippen molar-refractivity contribution in [3.63, 3.8) is 0 Å². The van der Waals surface area contributed by atoms with Gasteiger partial charge in [0, 0.05) is 11.8 Å². The molecule has 4 nitrogen and oxygen atoms in total. The van der Waals surface area contributed by atoms with Crippen LogP contribution in [0.1, 0.15) is 84.5 Å². The van der Waals surface area contributed by atoms with E-state index in [9.17, 15) is 0 Å². The monoisotopic (exact) mass is 382 g/mol. The maximum atomic E-state index is 6.12. The van der Waals surface area contributed by atoms with Gasteiger partial charge in [-0.15, -0.1) is 0 Å². The molecule has 0 aromatic heterocycles. The van der Waals surface area contributed by atoms with Gasteiger partial charge in [0.05, 0.1) is 32.3 Å². The highest BCUT2D eigenvalue weighted by atomic mass is 16.7. The van der Waals surface area contributed by atoms with Gasteiger partial charge in [-0.2, -0.15) is 0 Å². The molecule has 0 spiro atoms. The lowest BCUT2D eigenvalue weighted by atomic mass is 9.79. The van der Waals surface area contributed by atoms with Gasteiger partial charge in [0.25, 0.3) is 0 Å². The molecule has 0 unspecified atom stereocenters. The second-order valence-electron chi connectivity index (χ2n) is 9.12. The first-order valence-corrected chi connectivity index (χ1v) is 11.8. The number of ether oxygens (including phenoxy) is 4. The molecule has 2 heterocycles. The Bertz CT molecular complexity index is 378. The molecule has 2 aliphatic heterocycles. The molecule has 3 aliphatic rings. The molecule has 0 aromatic rings. The number of hydrogen-bond donors (Lipinski definition) is 0. The number of rotatable bonds is 9. The second kappa shape index (κ2) is 11.7. The summed E-state index contributed by atoms with van der Waals surface area (Å²) >= 11 is 0. The summed E-state index contributed by atoms with van der Waals surface area (Å²) in [6.07, 6.45) is 14.3. The summed E-state index contributed by atoms with van der Waals surface area (Å²) in [6.45, 7) is 7.62. The van der Waals surface area contributed by atoms with Gasteiger partial charge < -0.3 is 18.9 Å². The average Bonchev–Trinajstić information content (AvgIpc) is 2.73. The summed E-state index contributed by atoms with van der Waals surface area (Å²) in [4.78, 5) is 0. The zero-order chi connectivity index (χ0) is 18.9. The molecule has 0 amide bonds. The van der Waals surface area contributed by atoms with E-state index < -0.39 is 0 Å². The van der Waals surface area contributed by atoms with Crippen LogP contribution < -0.4 is 0 Å². The molecule has 3 fully saturated rings. The summed E-state index contributed by atoms with van der Waals surface area (Å²) in [5.41, 5.74) is 0. The Labute approximate surface area is 166 Å². The minimum atomic E-state index is -0.141. The summed E-state index contributed by atoms with van der Waals surface area (Å²) in [7, 11) is 0. The minimum Gasteiger partial charge on any atom is -0.352 e. The molecule has 0 N–H and O–H groups in total. The smallest absolute Gasteiger partial charge is 0.164 e. The number of hydrogen-bond acceptors (Lipinski definition) is 4. The van der Waals surface area contributed by atoms with E-state index in [1.54, 1.807) is 0 Å². The van der Waals surface area contributed by atoms with E-state index in [-0.39, 0.29) is 18.5 Å². The molecule has 0 atom stereocenters. The van der Waals surface area contributed by atoms with Crippen molar-refractivity contribution < 1.29 is 18.9 Å². The molecule has 0 bridgehead atoms. The summed E-state index contributed by atoms with van der Waals surface area (Å²) in [5.74, 6) is 2.31. The third-order valence-corrected chi connectivity index (χ3v) is 6.78. The number of unbranched alkanes of at least 4 members (excludes halogenated alkanes) is 3. The third-order valence-electron chi connectivity index (χ3n) is 6.78. The maximum absolute atomic E-state index is 6.12. The van der Waals surface area contributed by atoms with E-state index in [4.69, 9.17) is 18.9 Å². The Kier molecular flexibility index (Phi) is 9.37. The van der Waals surface area contributed by atoms with E-state index in [2.05, 4.69) is 13.8 Å². The first-order chi connectivity index (χ1) is 13.3. The Morgan fingerprint density at radius 3 is 1.74 bits per heavy atom. The van der Waals surface area contributed by atoms with Crippen molar-refractivity contribution in [3.05, 3.63) is 0 Å². The van der Waals surface area contributed by atoms with Crippen molar-refractivity contribution >= 4 is 0 Å². The molecule has 2 saturated heterocycles. The Morgan fingerprint density at radius 1 is 0.556 bits per heavy atom. The molecule has 1 saturated carbocycles. The fourth-order valence-corrected chi connectivity index (χ4v) is 4.88. The molecule has 3 rings (SSSR count). The first kappa shape index (κ1) is 21.5. The van der Waals surface area contributed by atoms with Crippen molar-refractivity contribution in [2.45, 2.75) is 97.1 Å². The highest BCUT2D eigenvalue weighted by molar-refractivity contribution is 4.78. The SMILES string of the molecule is CCCCCC1COC(C2COC(C3CCC(CCCC)CC3)OC2)OC1. The molecule has 4 heteroatoms. The molecular weight excluding hydrogens is 340 g/mol. The summed E-state index contributed by atoms with van der Waals surface area (Å²) in [5, 5.41) is 0. The van der Waals surface area contributed by atoms with Crippen LogP contribution in [0.4, 0.5) is 0 Å². The second-order valence-corrected chi connectivity index (χ2v) is 9.12. The Hall–Kier alpha value is -0.160. The van der Waals surface area contributed by atoms with Crippen LogP contribution in [0.15, 0.2) is 0 Å².